The maximum absolute atomic E-state index is 12.4. The van der Waals surface area contributed by atoms with Crippen LogP contribution >= 0.6 is 0 Å². The lowest BCUT2D eigenvalue weighted by atomic mass is 10.2. The number of carbonyl (C=O) groups is 1. The number of rotatable bonds is 5. The van der Waals surface area contributed by atoms with Crippen LogP contribution in [0.5, 0.6) is 0 Å². The van der Waals surface area contributed by atoms with Crippen LogP contribution in [0.4, 0.5) is 5.88 Å². The predicted octanol–water partition coefficient (Wildman–Crippen LogP) is 1.06. The average molecular weight is 334 g/mol. The number of amides is 1. The van der Waals surface area contributed by atoms with Crippen molar-refractivity contribution in [1.82, 2.24) is 25.2 Å². The number of aryl methyl sites for hydroxylation is 2. The first-order valence-electron chi connectivity index (χ1n) is 8.07. The molecular formula is C15H22N6O3. The quantitative estimate of drug-likeness (QED) is 0.841. The van der Waals surface area contributed by atoms with Crippen LogP contribution in [0.2, 0.25) is 0 Å². The van der Waals surface area contributed by atoms with Gasteiger partial charge in [0.05, 0.1) is 18.3 Å². The molecule has 1 fully saturated rings. The summed E-state index contributed by atoms with van der Waals surface area (Å²) < 4.78 is 10.8. The third-order valence-electron chi connectivity index (χ3n) is 4.07. The van der Waals surface area contributed by atoms with E-state index in [0.717, 1.165) is 17.9 Å². The number of carbonyl (C=O) groups excluding carboxylic acids is 1. The van der Waals surface area contributed by atoms with E-state index in [4.69, 9.17) is 9.26 Å². The monoisotopic (exact) mass is 334 g/mol. The molecule has 3 heterocycles. The Kier molecular flexibility index (Phi) is 4.91. The molecule has 2 aromatic rings. The first-order chi connectivity index (χ1) is 11.6. The van der Waals surface area contributed by atoms with Crippen molar-refractivity contribution in [2.24, 2.45) is 0 Å². The third kappa shape index (κ3) is 3.62. The number of nitrogens with one attached hydrogen (secondary N) is 2. The largest absolute Gasteiger partial charge is 0.367 e. The van der Waals surface area contributed by atoms with Gasteiger partial charge < -0.3 is 9.26 Å². The summed E-state index contributed by atoms with van der Waals surface area (Å²) in [5.41, 5.74) is 0.723. The Morgan fingerprint density at radius 3 is 3.08 bits per heavy atom. The van der Waals surface area contributed by atoms with Crippen LogP contribution in [-0.4, -0.2) is 56.9 Å². The van der Waals surface area contributed by atoms with Crippen molar-refractivity contribution in [2.75, 3.05) is 25.0 Å². The zero-order valence-corrected chi connectivity index (χ0v) is 14.1. The van der Waals surface area contributed by atoms with Crippen LogP contribution < -0.4 is 5.32 Å². The summed E-state index contributed by atoms with van der Waals surface area (Å²) >= 11 is 0. The second-order valence-corrected chi connectivity index (χ2v) is 5.85. The normalized spacial score (nSPS) is 20.0. The van der Waals surface area contributed by atoms with Gasteiger partial charge in [0, 0.05) is 25.6 Å². The Morgan fingerprint density at radius 1 is 1.58 bits per heavy atom. The van der Waals surface area contributed by atoms with Gasteiger partial charge in [0.1, 0.15) is 11.9 Å². The molecule has 2 N–H and O–H groups in total. The highest BCUT2D eigenvalue weighted by atomic mass is 16.5. The van der Waals surface area contributed by atoms with Gasteiger partial charge in [-0.2, -0.15) is 5.10 Å². The maximum Gasteiger partial charge on any atom is 0.243 e. The molecule has 3 rings (SSSR count). The van der Waals surface area contributed by atoms with Crippen molar-refractivity contribution >= 4 is 11.8 Å². The van der Waals surface area contributed by atoms with Crippen molar-refractivity contribution in [3.63, 3.8) is 0 Å². The van der Waals surface area contributed by atoms with E-state index in [2.05, 4.69) is 30.6 Å². The van der Waals surface area contributed by atoms with Crippen LogP contribution in [0.25, 0.3) is 0 Å². The van der Waals surface area contributed by atoms with E-state index < -0.39 is 0 Å². The standard InChI is InChI=1S/C15H22N6O3/c1-4-12-16-14(19-18-12)11-8-21(5-6-23-11)10(3)15(22)17-13-7-9(2)20-24-13/h7,10-11H,4-6,8H2,1-3H3,(H,17,22)(H,16,18,19). The number of H-pyrrole nitrogens is 1. The molecule has 0 aliphatic carbocycles. The molecule has 1 aliphatic heterocycles. The zero-order valence-electron chi connectivity index (χ0n) is 14.1. The minimum atomic E-state index is -0.327. The van der Waals surface area contributed by atoms with E-state index in [1.807, 2.05) is 13.8 Å². The Bertz CT molecular complexity index is 697. The number of morpholine rings is 1. The van der Waals surface area contributed by atoms with Crippen LogP contribution in [0.3, 0.4) is 0 Å². The Morgan fingerprint density at radius 2 is 2.42 bits per heavy atom. The number of anilines is 1. The second-order valence-electron chi connectivity index (χ2n) is 5.85. The van der Waals surface area contributed by atoms with Crippen molar-refractivity contribution in [3.8, 4) is 0 Å². The molecule has 0 radical (unpaired) electrons. The molecule has 2 unspecified atom stereocenters. The summed E-state index contributed by atoms with van der Waals surface area (Å²) in [7, 11) is 0. The summed E-state index contributed by atoms with van der Waals surface area (Å²) in [5.74, 6) is 1.68. The number of aromatic nitrogens is 4. The van der Waals surface area contributed by atoms with Crippen molar-refractivity contribution in [3.05, 3.63) is 23.4 Å². The Balaban J connectivity index is 1.61. The van der Waals surface area contributed by atoms with Gasteiger partial charge in [-0.15, -0.1) is 0 Å². The summed E-state index contributed by atoms with van der Waals surface area (Å²) in [6.45, 7) is 7.43. The molecule has 1 aliphatic rings. The molecule has 9 nitrogen and oxygen atoms in total. The van der Waals surface area contributed by atoms with E-state index in [9.17, 15) is 4.79 Å². The van der Waals surface area contributed by atoms with Crippen LogP contribution in [-0.2, 0) is 16.0 Å². The zero-order chi connectivity index (χ0) is 17.1. The molecule has 130 valence electrons. The number of hydrogen-bond donors (Lipinski definition) is 2. The minimum absolute atomic E-state index is 0.143. The van der Waals surface area contributed by atoms with Gasteiger partial charge in [-0.05, 0) is 13.8 Å². The first-order valence-corrected chi connectivity index (χ1v) is 8.07. The highest BCUT2D eigenvalue weighted by Gasteiger charge is 2.31. The molecule has 1 amide bonds. The maximum atomic E-state index is 12.4. The molecule has 2 atom stereocenters. The van der Waals surface area contributed by atoms with Gasteiger partial charge in [0.25, 0.3) is 0 Å². The second kappa shape index (κ2) is 7.10. The average Bonchev–Trinajstić information content (AvgIpc) is 3.23. The van der Waals surface area contributed by atoms with E-state index >= 15 is 0 Å². The Hall–Kier alpha value is -2.26. The van der Waals surface area contributed by atoms with Crippen molar-refractivity contribution in [1.29, 1.82) is 0 Å². The summed E-state index contributed by atoms with van der Waals surface area (Å²) in [4.78, 5) is 18.9. The Labute approximate surface area is 139 Å². The molecule has 2 aromatic heterocycles. The van der Waals surface area contributed by atoms with Gasteiger partial charge in [-0.25, -0.2) is 4.98 Å². The topological polar surface area (TPSA) is 109 Å². The van der Waals surface area contributed by atoms with Crippen LogP contribution in [0.1, 0.15) is 37.3 Å². The van der Waals surface area contributed by atoms with Gasteiger partial charge in [0.15, 0.2) is 5.82 Å². The fraction of sp³-hybridized carbons (Fsp3) is 0.600. The summed E-state index contributed by atoms with van der Waals surface area (Å²) in [6.07, 6.45) is 0.553. The van der Waals surface area contributed by atoms with Gasteiger partial charge in [0.2, 0.25) is 11.8 Å². The van der Waals surface area contributed by atoms with Gasteiger partial charge >= 0.3 is 0 Å². The minimum Gasteiger partial charge on any atom is -0.367 e. The molecular weight excluding hydrogens is 312 g/mol. The highest BCUT2D eigenvalue weighted by Crippen LogP contribution is 2.21. The fourth-order valence-electron chi connectivity index (χ4n) is 2.60. The number of nitrogens with zero attached hydrogens (tertiary/aromatic N) is 4. The molecule has 9 heteroatoms. The van der Waals surface area contributed by atoms with Crippen LogP contribution in [0.15, 0.2) is 10.6 Å². The number of hydrogen-bond acceptors (Lipinski definition) is 7. The number of ether oxygens (including phenoxy) is 1. The van der Waals surface area contributed by atoms with E-state index in [1.165, 1.54) is 0 Å². The lowest BCUT2D eigenvalue weighted by molar-refractivity contribution is -0.124. The lowest BCUT2D eigenvalue weighted by Gasteiger charge is -2.34. The third-order valence-corrected chi connectivity index (χ3v) is 4.07. The molecule has 0 aromatic carbocycles. The molecule has 1 saturated heterocycles. The summed E-state index contributed by atoms with van der Waals surface area (Å²) in [6, 6.07) is 1.36. The molecule has 0 saturated carbocycles. The first kappa shape index (κ1) is 16.6. The lowest BCUT2D eigenvalue weighted by Crippen LogP contribution is -2.48. The van der Waals surface area contributed by atoms with Crippen molar-refractivity contribution < 1.29 is 14.1 Å². The molecule has 0 bridgehead atoms. The fourth-order valence-corrected chi connectivity index (χ4v) is 2.60. The summed E-state index contributed by atoms with van der Waals surface area (Å²) in [5, 5.41) is 13.6. The van der Waals surface area contributed by atoms with Crippen molar-refractivity contribution in [2.45, 2.75) is 39.3 Å². The molecule has 0 spiro atoms. The molecule has 24 heavy (non-hydrogen) atoms. The van der Waals surface area contributed by atoms with Gasteiger partial charge in [-0.1, -0.05) is 12.1 Å². The number of aromatic amines is 1. The predicted molar refractivity (Wildman–Crippen MR) is 85.4 cm³/mol. The van der Waals surface area contributed by atoms with Gasteiger partial charge in [-0.3, -0.25) is 20.1 Å². The van der Waals surface area contributed by atoms with Crippen LogP contribution in [0, 0.1) is 6.92 Å². The highest BCUT2D eigenvalue weighted by molar-refractivity contribution is 5.93. The SMILES string of the molecule is CCc1nc(C2CN(C(C)C(=O)Nc3cc(C)no3)CCO2)n[nH]1. The van der Waals surface area contributed by atoms with E-state index in [-0.39, 0.29) is 18.1 Å². The van der Waals surface area contributed by atoms with E-state index in [0.29, 0.717) is 31.4 Å². The van der Waals surface area contributed by atoms with E-state index in [1.54, 1.807) is 13.0 Å². The smallest absolute Gasteiger partial charge is 0.243 e.